The maximum atomic E-state index is 13.0. The Morgan fingerprint density at radius 1 is 1.27 bits per heavy atom. The van der Waals surface area contributed by atoms with Crippen LogP contribution in [0.1, 0.15) is 25.5 Å². The summed E-state index contributed by atoms with van der Waals surface area (Å²) < 4.78 is 25.7. The highest BCUT2D eigenvalue weighted by Gasteiger charge is 2.47. The van der Waals surface area contributed by atoms with Crippen LogP contribution >= 0.6 is 0 Å². The van der Waals surface area contributed by atoms with Gasteiger partial charge in [-0.25, -0.2) is 8.78 Å². The molecule has 1 aromatic rings. The molecule has 1 amide bonds. The lowest BCUT2D eigenvalue weighted by Crippen LogP contribution is -2.57. The third kappa shape index (κ3) is 1.40. The van der Waals surface area contributed by atoms with Crippen LogP contribution in [-0.4, -0.2) is 5.91 Å². The van der Waals surface area contributed by atoms with Crippen LogP contribution < -0.4 is 5.32 Å². The second-order valence-corrected chi connectivity index (χ2v) is 4.30. The van der Waals surface area contributed by atoms with E-state index in [1.54, 1.807) is 13.8 Å². The van der Waals surface area contributed by atoms with Crippen LogP contribution in [0.5, 0.6) is 0 Å². The molecule has 0 saturated carbocycles. The van der Waals surface area contributed by atoms with Gasteiger partial charge in [0.15, 0.2) is 11.6 Å². The minimum atomic E-state index is -0.885. The predicted octanol–water partition coefficient (Wildman–Crippen LogP) is 2.16. The first-order chi connectivity index (χ1) is 6.93. The highest BCUT2D eigenvalue weighted by Crippen LogP contribution is 2.41. The third-order valence-electron chi connectivity index (χ3n) is 2.86. The molecule has 1 fully saturated rings. The average Bonchev–Trinajstić information content (AvgIpc) is 2.19. The van der Waals surface area contributed by atoms with Gasteiger partial charge >= 0.3 is 0 Å². The van der Waals surface area contributed by atoms with E-state index in [0.29, 0.717) is 5.56 Å². The Hall–Kier alpha value is -1.45. The topological polar surface area (TPSA) is 29.1 Å². The SMILES string of the molecule is CC1(C)C(=O)NC1c1ccc(F)c(F)c1. The van der Waals surface area contributed by atoms with E-state index in [2.05, 4.69) is 5.32 Å². The zero-order valence-corrected chi connectivity index (χ0v) is 8.47. The summed E-state index contributed by atoms with van der Waals surface area (Å²) in [6, 6.07) is 3.46. The van der Waals surface area contributed by atoms with Gasteiger partial charge in [-0.2, -0.15) is 0 Å². The first-order valence-electron chi connectivity index (χ1n) is 4.69. The normalized spacial score (nSPS) is 23.2. The zero-order valence-electron chi connectivity index (χ0n) is 8.47. The molecule has 80 valence electrons. The van der Waals surface area contributed by atoms with E-state index in [-0.39, 0.29) is 11.9 Å². The summed E-state index contributed by atoms with van der Waals surface area (Å²) in [5.74, 6) is -1.83. The third-order valence-corrected chi connectivity index (χ3v) is 2.86. The smallest absolute Gasteiger partial charge is 0.228 e. The van der Waals surface area contributed by atoms with Gasteiger partial charge in [-0.3, -0.25) is 4.79 Å². The van der Waals surface area contributed by atoms with Gasteiger partial charge in [0.25, 0.3) is 0 Å². The van der Waals surface area contributed by atoms with Gasteiger partial charge in [-0.1, -0.05) is 6.07 Å². The second-order valence-electron chi connectivity index (χ2n) is 4.30. The Bertz CT molecular complexity index is 429. The molecule has 1 saturated heterocycles. The molecule has 1 unspecified atom stereocenters. The first-order valence-corrected chi connectivity index (χ1v) is 4.69. The van der Waals surface area contributed by atoms with Gasteiger partial charge in [0.05, 0.1) is 11.5 Å². The van der Waals surface area contributed by atoms with Crippen molar-refractivity contribution in [2.75, 3.05) is 0 Å². The number of halogens is 2. The van der Waals surface area contributed by atoms with Crippen LogP contribution in [0, 0.1) is 17.0 Å². The van der Waals surface area contributed by atoms with Crippen LogP contribution in [0.15, 0.2) is 18.2 Å². The number of rotatable bonds is 1. The fraction of sp³-hybridized carbons (Fsp3) is 0.364. The molecule has 0 radical (unpaired) electrons. The number of hydrogen-bond acceptors (Lipinski definition) is 1. The van der Waals surface area contributed by atoms with E-state index < -0.39 is 17.0 Å². The molecule has 1 atom stereocenters. The van der Waals surface area contributed by atoms with E-state index >= 15 is 0 Å². The van der Waals surface area contributed by atoms with Gasteiger partial charge in [0, 0.05) is 0 Å². The Labute approximate surface area is 86.3 Å². The number of hydrogen-bond donors (Lipinski definition) is 1. The fourth-order valence-corrected chi connectivity index (χ4v) is 1.74. The maximum absolute atomic E-state index is 13.0. The van der Waals surface area contributed by atoms with E-state index in [1.807, 2.05) is 0 Å². The lowest BCUT2D eigenvalue weighted by atomic mass is 9.73. The van der Waals surface area contributed by atoms with Crippen molar-refractivity contribution in [2.45, 2.75) is 19.9 Å². The van der Waals surface area contributed by atoms with Gasteiger partial charge < -0.3 is 5.32 Å². The molecule has 2 nitrogen and oxygen atoms in total. The van der Waals surface area contributed by atoms with E-state index in [9.17, 15) is 13.6 Å². The van der Waals surface area contributed by atoms with Gasteiger partial charge in [0.1, 0.15) is 0 Å². The van der Waals surface area contributed by atoms with Crippen molar-refractivity contribution < 1.29 is 13.6 Å². The summed E-state index contributed by atoms with van der Waals surface area (Å²) >= 11 is 0. The fourth-order valence-electron chi connectivity index (χ4n) is 1.74. The summed E-state index contributed by atoms with van der Waals surface area (Å²) in [6.45, 7) is 3.55. The number of benzene rings is 1. The molecule has 1 heterocycles. The second kappa shape index (κ2) is 3.02. The van der Waals surface area contributed by atoms with Crippen molar-refractivity contribution in [3.05, 3.63) is 35.4 Å². The lowest BCUT2D eigenvalue weighted by Gasteiger charge is -2.44. The van der Waals surface area contributed by atoms with Crippen molar-refractivity contribution in [3.63, 3.8) is 0 Å². The molecular weight excluding hydrogens is 200 g/mol. The molecule has 4 heteroatoms. The Morgan fingerprint density at radius 3 is 2.40 bits per heavy atom. The molecule has 0 spiro atoms. The highest BCUT2D eigenvalue weighted by atomic mass is 19.2. The molecule has 0 aliphatic carbocycles. The number of nitrogens with one attached hydrogen (secondary N) is 1. The number of carbonyl (C=O) groups excluding carboxylic acids is 1. The zero-order chi connectivity index (χ0) is 11.2. The molecule has 1 N–H and O–H groups in total. The predicted molar refractivity (Wildman–Crippen MR) is 51.0 cm³/mol. The molecule has 2 rings (SSSR count). The maximum Gasteiger partial charge on any atom is 0.228 e. The molecule has 0 bridgehead atoms. The summed E-state index contributed by atoms with van der Waals surface area (Å²) in [5, 5.41) is 2.67. The quantitative estimate of drug-likeness (QED) is 0.708. The Morgan fingerprint density at radius 2 is 1.93 bits per heavy atom. The molecular formula is C11H11F2NO. The van der Waals surface area contributed by atoms with Crippen LogP contribution in [0.2, 0.25) is 0 Å². The molecule has 15 heavy (non-hydrogen) atoms. The van der Waals surface area contributed by atoms with Crippen molar-refractivity contribution in [2.24, 2.45) is 5.41 Å². The van der Waals surface area contributed by atoms with Gasteiger partial charge in [0.2, 0.25) is 5.91 Å². The first kappa shape index (κ1) is 10.1. The standard InChI is InChI=1S/C11H11F2NO/c1-11(2)9(14-10(11)15)6-3-4-7(12)8(13)5-6/h3-5,9H,1-2H3,(H,14,15). The Kier molecular flexibility index (Phi) is 2.03. The van der Waals surface area contributed by atoms with Crippen LogP contribution in [-0.2, 0) is 4.79 Å². The van der Waals surface area contributed by atoms with E-state index in [4.69, 9.17) is 0 Å². The van der Waals surface area contributed by atoms with E-state index in [1.165, 1.54) is 6.07 Å². The summed E-state index contributed by atoms with van der Waals surface area (Å²) in [7, 11) is 0. The Balaban J connectivity index is 2.32. The van der Waals surface area contributed by atoms with Gasteiger partial charge in [-0.15, -0.1) is 0 Å². The number of carbonyl (C=O) groups is 1. The molecule has 1 aliphatic heterocycles. The summed E-state index contributed by atoms with van der Waals surface area (Å²) in [6.07, 6.45) is 0. The van der Waals surface area contributed by atoms with Crippen LogP contribution in [0.4, 0.5) is 8.78 Å². The lowest BCUT2D eigenvalue weighted by molar-refractivity contribution is -0.143. The summed E-state index contributed by atoms with van der Waals surface area (Å²) in [5.41, 5.74) is 0.0445. The number of amides is 1. The van der Waals surface area contributed by atoms with Crippen molar-refractivity contribution in [1.29, 1.82) is 0 Å². The monoisotopic (exact) mass is 211 g/mol. The number of β-lactam (4-membered cyclic amide) rings is 1. The van der Waals surface area contributed by atoms with Gasteiger partial charge in [-0.05, 0) is 31.5 Å². The van der Waals surface area contributed by atoms with Crippen molar-refractivity contribution in [1.82, 2.24) is 5.32 Å². The molecule has 1 aliphatic rings. The van der Waals surface area contributed by atoms with E-state index in [0.717, 1.165) is 12.1 Å². The highest BCUT2D eigenvalue weighted by molar-refractivity contribution is 5.89. The van der Waals surface area contributed by atoms with Crippen LogP contribution in [0.25, 0.3) is 0 Å². The largest absolute Gasteiger partial charge is 0.348 e. The molecule has 0 aromatic heterocycles. The van der Waals surface area contributed by atoms with Crippen molar-refractivity contribution in [3.8, 4) is 0 Å². The minimum absolute atomic E-state index is 0.0720. The minimum Gasteiger partial charge on any atom is -0.348 e. The van der Waals surface area contributed by atoms with Crippen molar-refractivity contribution >= 4 is 5.91 Å². The summed E-state index contributed by atoms with van der Waals surface area (Å²) in [4.78, 5) is 11.2. The van der Waals surface area contributed by atoms with Crippen LogP contribution in [0.3, 0.4) is 0 Å². The molecule has 1 aromatic carbocycles. The average molecular weight is 211 g/mol.